The maximum atomic E-state index is 3.74. The number of para-hydroxylation sites is 1. The Kier molecular flexibility index (Phi) is 4.30. The number of nitrogens with one attached hydrogen (secondary N) is 1. The molecule has 0 bridgehead atoms. The van der Waals surface area contributed by atoms with E-state index < -0.39 is 0 Å². The van der Waals surface area contributed by atoms with Crippen molar-refractivity contribution < 1.29 is 0 Å². The lowest BCUT2D eigenvalue weighted by molar-refractivity contribution is 0.291. The molecule has 1 aromatic carbocycles. The molecule has 3 unspecified atom stereocenters. The van der Waals surface area contributed by atoms with Gasteiger partial charge in [-0.2, -0.15) is 0 Å². The molecule has 1 aromatic rings. The van der Waals surface area contributed by atoms with Crippen molar-refractivity contribution in [1.29, 1.82) is 0 Å². The van der Waals surface area contributed by atoms with Gasteiger partial charge in [0.25, 0.3) is 0 Å². The highest BCUT2D eigenvalue weighted by molar-refractivity contribution is 5.56. The summed E-state index contributed by atoms with van der Waals surface area (Å²) in [5.74, 6) is 0.927. The molecule has 1 N–H and O–H groups in total. The van der Waals surface area contributed by atoms with Crippen LogP contribution in [0.1, 0.15) is 45.1 Å². The largest absolute Gasteiger partial charge is 0.367 e. The van der Waals surface area contributed by atoms with Gasteiger partial charge in [0, 0.05) is 24.3 Å². The van der Waals surface area contributed by atoms with Crippen molar-refractivity contribution in [2.24, 2.45) is 5.92 Å². The first-order chi connectivity index (χ1) is 9.78. The van der Waals surface area contributed by atoms with Gasteiger partial charge in [-0.3, -0.25) is 0 Å². The van der Waals surface area contributed by atoms with E-state index in [0.717, 1.165) is 5.92 Å². The number of fused-ring (bicyclic) bond motifs is 1. The number of aryl methyl sites for hydroxylation is 1. The Morgan fingerprint density at radius 2 is 2.10 bits per heavy atom. The van der Waals surface area contributed by atoms with E-state index in [4.69, 9.17) is 0 Å². The molecule has 0 saturated carbocycles. The maximum Gasteiger partial charge on any atom is 0.0401 e. The van der Waals surface area contributed by atoms with Crippen LogP contribution >= 0.6 is 0 Å². The van der Waals surface area contributed by atoms with E-state index in [1.807, 2.05) is 0 Å². The average Bonchev–Trinajstić information content (AvgIpc) is 2.50. The fourth-order valence-corrected chi connectivity index (χ4v) is 3.88. The molecule has 0 radical (unpaired) electrons. The van der Waals surface area contributed by atoms with Crippen LogP contribution in [0.5, 0.6) is 0 Å². The van der Waals surface area contributed by atoms with Crippen molar-refractivity contribution >= 4 is 5.69 Å². The van der Waals surface area contributed by atoms with Gasteiger partial charge in [0.05, 0.1) is 0 Å². The van der Waals surface area contributed by atoms with Gasteiger partial charge in [-0.25, -0.2) is 0 Å². The molecule has 2 heterocycles. The first-order valence-electron chi connectivity index (χ1n) is 8.36. The Hall–Kier alpha value is -1.02. The lowest BCUT2D eigenvalue weighted by Gasteiger charge is -2.41. The second-order valence-electron chi connectivity index (χ2n) is 6.62. The molecule has 3 rings (SSSR count). The summed E-state index contributed by atoms with van der Waals surface area (Å²) in [6.45, 7) is 7.10. The summed E-state index contributed by atoms with van der Waals surface area (Å²) in [7, 11) is 0. The quantitative estimate of drug-likeness (QED) is 0.904. The monoisotopic (exact) mass is 272 g/mol. The molecule has 2 nitrogen and oxygen atoms in total. The molecule has 0 spiro atoms. The summed E-state index contributed by atoms with van der Waals surface area (Å²) in [4.78, 5) is 2.65. The Morgan fingerprint density at radius 1 is 1.25 bits per heavy atom. The Bertz CT molecular complexity index is 443. The molecule has 110 valence electrons. The number of hydrogen-bond donors (Lipinski definition) is 1. The zero-order valence-electron chi connectivity index (χ0n) is 12.9. The van der Waals surface area contributed by atoms with Gasteiger partial charge in [-0.1, -0.05) is 31.5 Å². The SMILES string of the molecule is CCC1CCNC(CN2c3ccccc3CCC2C)C1. The van der Waals surface area contributed by atoms with E-state index in [0.29, 0.717) is 12.1 Å². The van der Waals surface area contributed by atoms with Crippen LogP contribution in [0.25, 0.3) is 0 Å². The van der Waals surface area contributed by atoms with E-state index >= 15 is 0 Å². The van der Waals surface area contributed by atoms with Crippen molar-refractivity contribution in [3.63, 3.8) is 0 Å². The fourth-order valence-electron chi connectivity index (χ4n) is 3.88. The van der Waals surface area contributed by atoms with Crippen LogP contribution in [0.2, 0.25) is 0 Å². The summed E-state index contributed by atoms with van der Waals surface area (Å²) < 4.78 is 0. The predicted molar refractivity (Wildman–Crippen MR) is 86.4 cm³/mol. The highest BCUT2D eigenvalue weighted by Gasteiger charge is 2.27. The lowest BCUT2D eigenvalue weighted by atomic mass is 9.89. The zero-order chi connectivity index (χ0) is 13.9. The number of rotatable bonds is 3. The number of anilines is 1. The lowest BCUT2D eigenvalue weighted by Crippen LogP contribution is -2.49. The van der Waals surface area contributed by atoms with Gasteiger partial charge >= 0.3 is 0 Å². The second-order valence-corrected chi connectivity index (χ2v) is 6.62. The van der Waals surface area contributed by atoms with E-state index in [2.05, 4.69) is 48.3 Å². The summed E-state index contributed by atoms with van der Waals surface area (Å²) in [6.07, 6.45) is 6.58. The molecule has 1 saturated heterocycles. The molecule has 0 aliphatic carbocycles. The van der Waals surface area contributed by atoms with E-state index in [1.165, 1.54) is 56.4 Å². The Labute approximate surface area is 123 Å². The molecule has 2 aliphatic rings. The normalized spacial score (nSPS) is 30.1. The van der Waals surface area contributed by atoms with Gasteiger partial charge in [-0.15, -0.1) is 0 Å². The average molecular weight is 272 g/mol. The van der Waals surface area contributed by atoms with E-state index in [-0.39, 0.29) is 0 Å². The zero-order valence-corrected chi connectivity index (χ0v) is 12.9. The fraction of sp³-hybridized carbons (Fsp3) is 0.667. The number of piperidine rings is 1. The standard InChI is InChI=1S/C18H28N2/c1-3-15-10-11-19-17(12-15)13-20-14(2)8-9-16-6-4-5-7-18(16)20/h4-7,14-15,17,19H,3,8-13H2,1-2H3. The van der Waals surface area contributed by atoms with Crippen molar-refractivity contribution in [2.45, 2.75) is 58.0 Å². The van der Waals surface area contributed by atoms with E-state index in [1.54, 1.807) is 0 Å². The molecule has 2 aliphatic heterocycles. The first kappa shape index (κ1) is 13.9. The van der Waals surface area contributed by atoms with Crippen LogP contribution in [0.3, 0.4) is 0 Å². The van der Waals surface area contributed by atoms with Gasteiger partial charge < -0.3 is 10.2 Å². The minimum atomic E-state index is 0.669. The minimum Gasteiger partial charge on any atom is -0.367 e. The number of benzene rings is 1. The van der Waals surface area contributed by atoms with Crippen LogP contribution in [0.4, 0.5) is 5.69 Å². The molecular formula is C18H28N2. The summed E-state index contributed by atoms with van der Waals surface area (Å²) in [5, 5.41) is 3.74. The predicted octanol–water partition coefficient (Wildman–Crippen LogP) is 3.61. The number of nitrogens with zero attached hydrogens (tertiary/aromatic N) is 1. The third-order valence-electron chi connectivity index (χ3n) is 5.26. The number of hydrogen-bond acceptors (Lipinski definition) is 2. The van der Waals surface area contributed by atoms with Crippen LogP contribution in [-0.4, -0.2) is 25.2 Å². The van der Waals surface area contributed by atoms with Crippen LogP contribution in [0, 0.1) is 5.92 Å². The minimum absolute atomic E-state index is 0.669. The molecule has 3 atom stereocenters. The molecule has 0 aromatic heterocycles. The third-order valence-corrected chi connectivity index (χ3v) is 5.26. The second kappa shape index (κ2) is 6.17. The maximum absolute atomic E-state index is 3.74. The highest BCUT2D eigenvalue weighted by Crippen LogP contribution is 2.31. The molecule has 1 fully saturated rings. The summed E-state index contributed by atoms with van der Waals surface area (Å²) >= 11 is 0. The third kappa shape index (κ3) is 2.85. The topological polar surface area (TPSA) is 15.3 Å². The van der Waals surface area contributed by atoms with Crippen molar-refractivity contribution in [1.82, 2.24) is 5.32 Å². The van der Waals surface area contributed by atoms with Crippen LogP contribution in [-0.2, 0) is 6.42 Å². The summed E-state index contributed by atoms with van der Waals surface area (Å²) in [5.41, 5.74) is 3.01. The molecule has 2 heteroatoms. The Morgan fingerprint density at radius 3 is 2.95 bits per heavy atom. The smallest absolute Gasteiger partial charge is 0.0401 e. The van der Waals surface area contributed by atoms with E-state index in [9.17, 15) is 0 Å². The molecule has 20 heavy (non-hydrogen) atoms. The van der Waals surface area contributed by atoms with Crippen molar-refractivity contribution in [2.75, 3.05) is 18.0 Å². The summed E-state index contributed by atoms with van der Waals surface area (Å²) in [6, 6.07) is 10.3. The van der Waals surface area contributed by atoms with Gasteiger partial charge in [0.1, 0.15) is 0 Å². The van der Waals surface area contributed by atoms with Gasteiger partial charge in [-0.05, 0) is 56.7 Å². The van der Waals surface area contributed by atoms with Crippen LogP contribution < -0.4 is 10.2 Å². The molecule has 0 amide bonds. The highest BCUT2D eigenvalue weighted by atomic mass is 15.2. The molecular weight excluding hydrogens is 244 g/mol. The van der Waals surface area contributed by atoms with Gasteiger partial charge in [0.2, 0.25) is 0 Å². The first-order valence-corrected chi connectivity index (χ1v) is 8.36. The Balaban J connectivity index is 1.73. The van der Waals surface area contributed by atoms with Crippen LogP contribution in [0.15, 0.2) is 24.3 Å². The van der Waals surface area contributed by atoms with Crippen molar-refractivity contribution in [3.05, 3.63) is 29.8 Å². The van der Waals surface area contributed by atoms with Crippen molar-refractivity contribution in [3.8, 4) is 0 Å². The van der Waals surface area contributed by atoms with Gasteiger partial charge in [0.15, 0.2) is 0 Å².